The zero-order chi connectivity index (χ0) is 13.6. The van der Waals surface area contributed by atoms with E-state index in [2.05, 4.69) is 12.2 Å². The number of rotatable bonds is 12. The maximum Gasteiger partial charge on any atom is 0.221 e. The van der Waals surface area contributed by atoms with Gasteiger partial charge in [-0.2, -0.15) is 0 Å². The fourth-order valence-electron chi connectivity index (χ4n) is 1.98. The van der Waals surface area contributed by atoms with Crippen molar-refractivity contribution in [1.29, 1.82) is 0 Å². The lowest BCUT2D eigenvalue weighted by molar-refractivity contribution is -0.121. The molecule has 18 heavy (non-hydrogen) atoms. The summed E-state index contributed by atoms with van der Waals surface area (Å²) in [4.78, 5) is 11.4. The summed E-state index contributed by atoms with van der Waals surface area (Å²) >= 11 is 0. The number of hydrogen-bond donors (Lipinski definition) is 2. The normalized spacial score (nSPS) is 12.4. The minimum Gasteiger partial charge on any atom is -0.341 e. The van der Waals surface area contributed by atoms with Gasteiger partial charge in [-0.1, -0.05) is 65.2 Å². The molecule has 0 aliphatic rings. The second kappa shape index (κ2) is 12.9. The van der Waals surface area contributed by atoms with E-state index < -0.39 is 0 Å². The Morgan fingerprint density at radius 1 is 0.944 bits per heavy atom. The van der Waals surface area contributed by atoms with E-state index in [4.69, 9.17) is 5.73 Å². The standard InChI is InChI=1S/C15H32N2O/c1-3-5-6-7-8-9-10-11-12-13-15(18)17-14(16)4-2/h14H,3-13,16H2,1-2H3,(H,17,18). The van der Waals surface area contributed by atoms with Crippen LogP contribution >= 0.6 is 0 Å². The van der Waals surface area contributed by atoms with E-state index in [1.54, 1.807) is 0 Å². The fourth-order valence-corrected chi connectivity index (χ4v) is 1.98. The Balaban J connectivity index is 3.17. The molecule has 1 atom stereocenters. The highest BCUT2D eigenvalue weighted by atomic mass is 16.1. The van der Waals surface area contributed by atoms with Gasteiger partial charge >= 0.3 is 0 Å². The summed E-state index contributed by atoms with van der Waals surface area (Å²) in [5, 5.41) is 2.79. The van der Waals surface area contributed by atoms with Crippen LogP contribution in [-0.4, -0.2) is 12.1 Å². The highest BCUT2D eigenvalue weighted by Gasteiger charge is 2.04. The van der Waals surface area contributed by atoms with Crippen LogP contribution in [0.1, 0.15) is 84.5 Å². The van der Waals surface area contributed by atoms with Gasteiger partial charge in [0.1, 0.15) is 0 Å². The molecule has 3 N–H and O–H groups in total. The van der Waals surface area contributed by atoms with Crippen LogP contribution in [-0.2, 0) is 4.79 Å². The van der Waals surface area contributed by atoms with Gasteiger partial charge in [-0.05, 0) is 12.8 Å². The molecule has 0 aromatic carbocycles. The first-order valence-corrected chi connectivity index (χ1v) is 7.75. The van der Waals surface area contributed by atoms with Gasteiger partial charge < -0.3 is 11.1 Å². The molecule has 0 aliphatic carbocycles. The van der Waals surface area contributed by atoms with E-state index in [9.17, 15) is 4.79 Å². The van der Waals surface area contributed by atoms with Crippen molar-refractivity contribution in [2.24, 2.45) is 5.73 Å². The lowest BCUT2D eigenvalue weighted by Crippen LogP contribution is -2.40. The van der Waals surface area contributed by atoms with Gasteiger partial charge in [0.15, 0.2) is 0 Å². The summed E-state index contributed by atoms with van der Waals surface area (Å²) in [6.45, 7) is 4.22. The maximum atomic E-state index is 11.4. The predicted molar refractivity (Wildman–Crippen MR) is 78.3 cm³/mol. The number of nitrogens with two attached hydrogens (primary N) is 1. The smallest absolute Gasteiger partial charge is 0.221 e. The van der Waals surface area contributed by atoms with Crippen LogP contribution in [0.5, 0.6) is 0 Å². The number of unbranched alkanes of at least 4 members (excludes halogenated alkanes) is 8. The largest absolute Gasteiger partial charge is 0.341 e. The molecule has 1 amide bonds. The lowest BCUT2D eigenvalue weighted by Gasteiger charge is -2.10. The Labute approximate surface area is 113 Å². The minimum absolute atomic E-state index is 0.104. The number of carbonyl (C=O) groups excluding carboxylic acids is 1. The quantitative estimate of drug-likeness (QED) is 0.413. The van der Waals surface area contributed by atoms with Crippen molar-refractivity contribution >= 4 is 5.91 Å². The van der Waals surface area contributed by atoms with E-state index in [1.807, 2.05) is 6.92 Å². The van der Waals surface area contributed by atoms with Crippen LogP contribution in [0.2, 0.25) is 0 Å². The molecule has 0 saturated heterocycles. The number of nitrogens with one attached hydrogen (secondary N) is 1. The minimum atomic E-state index is -0.170. The van der Waals surface area contributed by atoms with Crippen LogP contribution < -0.4 is 11.1 Å². The molecule has 0 spiro atoms. The molecule has 0 aromatic rings. The summed E-state index contributed by atoms with van der Waals surface area (Å²) < 4.78 is 0. The van der Waals surface area contributed by atoms with E-state index in [0.717, 1.165) is 12.8 Å². The van der Waals surface area contributed by atoms with Crippen molar-refractivity contribution in [2.75, 3.05) is 0 Å². The molecule has 3 nitrogen and oxygen atoms in total. The van der Waals surface area contributed by atoms with Crippen LogP contribution in [0.25, 0.3) is 0 Å². The first-order valence-electron chi connectivity index (χ1n) is 7.75. The molecule has 0 aliphatic heterocycles. The van der Waals surface area contributed by atoms with Crippen molar-refractivity contribution in [3.8, 4) is 0 Å². The Bertz CT molecular complexity index is 195. The molecule has 108 valence electrons. The molecule has 0 aromatic heterocycles. The second-order valence-electron chi connectivity index (χ2n) is 5.16. The Hall–Kier alpha value is -0.570. The zero-order valence-corrected chi connectivity index (χ0v) is 12.3. The van der Waals surface area contributed by atoms with E-state index in [0.29, 0.717) is 6.42 Å². The third-order valence-corrected chi connectivity index (χ3v) is 3.29. The molecule has 0 rings (SSSR count). The molecule has 0 heterocycles. The highest BCUT2D eigenvalue weighted by molar-refractivity contribution is 5.76. The Morgan fingerprint density at radius 2 is 1.44 bits per heavy atom. The summed E-state index contributed by atoms with van der Waals surface area (Å²) in [5.74, 6) is 0.104. The van der Waals surface area contributed by atoms with Crippen molar-refractivity contribution in [3.05, 3.63) is 0 Å². The van der Waals surface area contributed by atoms with Crippen molar-refractivity contribution in [1.82, 2.24) is 5.32 Å². The van der Waals surface area contributed by atoms with E-state index in [1.165, 1.54) is 51.4 Å². The van der Waals surface area contributed by atoms with Crippen molar-refractivity contribution in [2.45, 2.75) is 90.6 Å². The molecule has 0 saturated carbocycles. The van der Waals surface area contributed by atoms with Crippen LogP contribution in [0, 0.1) is 0 Å². The fraction of sp³-hybridized carbons (Fsp3) is 0.933. The Morgan fingerprint density at radius 3 is 1.94 bits per heavy atom. The first kappa shape index (κ1) is 17.4. The van der Waals surface area contributed by atoms with Crippen LogP contribution in [0.15, 0.2) is 0 Å². The van der Waals surface area contributed by atoms with Crippen LogP contribution in [0.3, 0.4) is 0 Å². The van der Waals surface area contributed by atoms with Gasteiger partial charge in [0.05, 0.1) is 6.17 Å². The third kappa shape index (κ3) is 11.9. The van der Waals surface area contributed by atoms with Crippen LogP contribution in [0.4, 0.5) is 0 Å². The summed E-state index contributed by atoms with van der Waals surface area (Å²) in [6, 6.07) is 0. The average molecular weight is 256 g/mol. The first-order chi connectivity index (χ1) is 8.70. The molecule has 3 heteroatoms. The van der Waals surface area contributed by atoms with Crippen molar-refractivity contribution < 1.29 is 4.79 Å². The molecule has 0 radical (unpaired) electrons. The SMILES string of the molecule is CCCCCCCCCCCC(=O)NC(N)CC. The third-order valence-electron chi connectivity index (χ3n) is 3.29. The van der Waals surface area contributed by atoms with Gasteiger partial charge in [-0.3, -0.25) is 4.79 Å². The molecule has 0 fully saturated rings. The van der Waals surface area contributed by atoms with Gasteiger partial charge in [-0.25, -0.2) is 0 Å². The molecular formula is C15H32N2O. The number of hydrogen-bond acceptors (Lipinski definition) is 2. The topological polar surface area (TPSA) is 55.1 Å². The van der Waals surface area contributed by atoms with Gasteiger partial charge in [0.25, 0.3) is 0 Å². The maximum absolute atomic E-state index is 11.4. The summed E-state index contributed by atoms with van der Waals surface area (Å²) in [7, 11) is 0. The summed E-state index contributed by atoms with van der Waals surface area (Å²) in [6.07, 6.45) is 12.8. The number of carbonyl (C=O) groups is 1. The van der Waals surface area contributed by atoms with Crippen molar-refractivity contribution in [3.63, 3.8) is 0 Å². The predicted octanol–water partition coefficient (Wildman–Crippen LogP) is 3.72. The van der Waals surface area contributed by atoms with Gasteiger partial charge in [0.2, 0.25) is 5.91 Å². The average Bonchev–Trinajstić information content (AvgIpc) is 2.36. The van der Waals surface area contributed by atoms with E-state index in [-0.39, 0.29) is 12.1 Å². The molecular weight excluding hydrogens is 224 g/mol. The molecule has 1 unspecified atom stereocenters. The van der Waals surface area contributed by atoms with Gasteiger partial charge in [0, 0.05) is 6.42 Å². The second-order valence-corrected chi connectivity index (χ2v) is 5.16. The molecule has 0 bridgehead atoms. The van der Waals surface area contributed by atoms with Gasteiger partial charge in [-0.15, -0.1) is 0 Å². The number of amides is 1. The van der Waals surface area contributed by atoms with E-state index >= 15 is 0 Å². The lowest BCUT2D eigenvalue weighted by atomic mass is 10.1. The Kier molecular flexibility index (Phi) is 12.5. The highest BCUT2D eigenvalue weighted by Crippen LogP contribution is 2.10. The zero-order valence-electron chi connectivity index (χ0n) is 12.3. The summed E-state index contributed by atoms with van der Waals surface area (Å²) in [5.41, 5.74) is 5.65. The monoisotopic (exact) mass is 256 g/mol.